The normalized spacial score (nSPS) is 12.0. The summed E-state index contributed by atoms with van der Waals surface area (Å²) in [6.45, 7) is 0. The maximum Gasteiger partial charge on any atom is 0.135 e. The van der Waals surface area contributed by atoms with Crippen molar-refractivity contribution in [2.24, 2.45) is 0 Å². The molecule has 0 unspecified atom stereocenters. The Labute approximate surface area is 271 Å². The van der Waals surface area contributed by atoms with E-state index >= 15 is 0 Å². The lowest BCUT2D eigenvalue weighted by Gasteiger charge is -2.23. The van der Waals surface area contributed by atoms with Crippen molar-refractivity contribution in [1.29, 1.82) is 5.26 Å². The van der Waals surface area contributed by atoms with Gasteiger partial charge in [-0.1, -0.05) is 115 Å². The molecule has 9 aromatic rings. The minimum Gasteiger partial charge on any atom is -0.456 e. The van der Waals surface area contributed by atoms with Crippen LogP contribution in [-0.2, 0) is 0 Å². The van der Waals surface area contributed by atoms with Crippen LogP contribution in [0.25, 0.3) is 87.2 Å². The maximum absolute atomic E-state index is 9.72. The molecule has 10 rings (SSSR count). The molecule has 216 valence electrons. The van der Waals surface area contributed by atoms with E-state index < -0.39 is 0 Å². The van der Waals surface area contributed by atoms with Crippen LogP contribution in [0.1, 0.15) is 5.56 Å². The summed E-state index contributed by atoms with van der Waals surface area (Å²) in [6, 6.07) is 56.4. The Morgan fingerprint density at radius 3 is 1.79 bits per heavy atom. The van der Waals surface area contributed by atoms with Crippen LogP contribution in [-0.4, -0.2) is 0 Å². The van der Waals surface area contributed by atoms with Gasteiger partial charge in [-0.15, -0.1) is 0 Å². The van der Waals surface area contributed by atoms with Crippen molar-refractivity contribution in [3.63, 3.8) is 0 Å². The number of rotatable bonds is 2. The molecule has 0 aromatic heterocycles. The average molecular weight is 596 g/mol. The van der Waals surface area contributed by atoms with Gasteiger partial charge >= 0.3 is 0 Å². The molecule has 47 heavy (non-hydrogen) atoms. The molecular weight excluding hydrogens is 571 g/mol. The molecule has 0 N–H and O–H groups in total. The van der Waals surface area contributed by atoms with Crippen LogP contribution in [0.15, 0.2) is 152 Å². The van der Waals surface area contributed by atoms with E-state index in [9.17, 15) is 5.26 Å². The lowest BCUT2D eigenvalue weighted by atomic mass is 9.86. The first-order chi connectivity index (χ1) is 23.3. The largest absolute Gasteiger partial charge is 0.456 e. The highest BCUT2D eigenvalue weighted by Gasteiger charge is 2.23. The predicted molar refractivity (Wildman–Crippen MR) is 195 cm³/mol. The van der Waals surface area contributed by atoms with Crippen LogP contribution >= 0.6 is 0 Å². The predicted octanol–water partition coefficient (Wildman–Crippen LogP) is 12.4. The van der Waals surface area contributed by atoms with Crippen LogP contribution < -0.4 is 4.74 Å². The summed E-state index contributed by atoms with van der Waals surface area (Å²) < 4.78 is 6.57. The fourth-order valence-electron chi connectivity index (χ4n) is 7.77. The fraction of sp³-hybridized carbons (Fsp3) is 0. The van der Waals surface area contributed by atoms with Gasteiger partial charge in [0.1, 0.15) is 11.5 Å². The summed E-state index contributed by atoms with van der Waals surface area (Å²) in [5.41, 5.74) is 7.57. The van der Waals surface area contributed by atoms with Gasteiger partial charge in [-0.2, -0.15) is 5.26 Å². The molecule has 0 aliphatic carbocycles. The average Bonchev–Trinajstić information content (AvgIpc) is 3.14. The number of benzene rings is 9. The van der Waals surface area contributed by atoms with Crippen LogP contribution in [0.3, 0.4) is 0 Å². The Bertz CT molecular complexity index is 2830. The summed E-state index contributed by atoms with van der Waals surface area (Å²) in [5.74, 6) is 1.61. The minimum absolute atomic E-state index is 0.660. The first-order valence-corrected chi connectivity index (χ1v) is 15.9. The monoisotopic (exact) mass is 595 g/mol. The molecule has 0 saturated heterocycles. The van der Waals surface area contributed by atoms with E-state index in [-0.39, 0.29) is 0 Å². The number of nitrogens with zero attached hydrogens (tertiary/aromatic N) is 1. The Kier molecular flexibility index (Phi) is 5.38. The summed E-state index contributed by atoms with van der Waals surface area (Å²) in [5, 5.41) is 21.5. The van der Waals surface area contributed by atoms with Crippen LogP contribution in [0, 0.1) is 11.3 Å². The number of ether oxygens (including phenoxy) is 1. The molecule has 0 atom stereocenters. The van der Waals surface area contributed by atoms with E-state index in [0.29, 0.717) is 5.56 Å². The molecule has 0 radical (unpaired) electrons. The second kappa shape index (κ2) is 9.78. The SMILES string of the molecule is N#Cc1ccc2c3c(cccc13)Oc1cc(-c3cc4c5ccccc5c(-c5cccc6ccccc56)cc4c4ccccc34)ccc1-2. The molecule has 2 nitrogen and oxygen atoms in total. The highest BCUT2D eigenvalue weighted by Crippen LogP contribution is 2.49. The molecule has 0 spiro atoms. The standard InChI is InChI=1S/C45H25NO/c46-26-29-20-22-38-37-21-19-28(23-44(37)47-43-18-8-16-31(29)45(38)43)39-24-41-36-15-6-5-14-35(36)40(25-42(41)34-13-4-3-12-33(34)39)32-17-7-10-27-9-1-2-11-30(27)32/h1-25H. The summed E-state index contributed by atoms with van der Waals surface area (Å²) in [7, 11) is 0. The second-order valence-electron chi connectivity index (χ2n) is 12.3. The van der Waals surface area contributed by atoms with Crippen molar-refractivity contribution in [2.45, 2.75) is 0 Å². The molecule has 0 saturated carbocycles. The Morgan fingerprint density at radius 1 is 0.383 bits per heavy atom. The zero-order valence-corrected chi connectivity index (χ0v) is 25.3. The summed E-state index contributed by atoms with van der Waals surface area (Å²) in [4.78, 5) is 0. The van der Waals surface area contributed by atoms with Crippen LogP contribution in [0.5, 0.6) is 11.5 Å². The molecule has 1 heterocycles. The third kappa shape index (κ3) is 3.72. The minimum atomic E-state index is 0.660. The molecule has 9 aromatic carbocycles. The smallest absolute Gasteiger partial charge is 0.135 e. The van der Waals surface area contributed by atoms with Gasteiger partial charge in [0.15, 0.2) is 0 Å². The van der Waals surface area contributed by atoms with Crippen molar-refractivity contribution in [3.8, 4) is 50.9 Å². The Morgan fingerprint density at radius 2 is 1.00 bits per heavy atom. The number of fused-ring (bicyclic) bond motifs is 8. The Balaban J connectivity index is 1.23. The highest BCUT2D eigenvalue weighted by molar-refractivity contribution is 6.24. The summed E-state index contributed by atoms with van der Waals surface area (Å²) >= 11 is 0. The lowest BCUT2D eigenvalue weighted by molar-refractivity contribution is 0.487. The fourth-order valence-corrected chi connectivity index (χ4v) is 7.77. The molecule has 0 amide bonds. The second-order valence-corrected chi connectivity index (χ2v) is 12.3. The molecular formula is C45H25NO. The van der Waals surface area contributed by atoms with E-state index in [0.717, 1.165) is 39.0 Å². The number of hydrogen-bond acceptors (Lipinski definition) is 2. The van der Waals surface area contributed by atoms with Gasteiger partial charge in [0, 0.05) is 16.3 Å². The van der Waals surface area contributed by atoms with Gasteiger partial charge in [-0.25, -0.2) is 0 Å². The van der Waals surface area contributed by atoms with Gasteiger partial charge in [-0.3, -0.25) is 0 Å². The van der Waals surface area contributed by atoms with Crippen molar-refractivity contribution >= 4 is 53.9 Å². The third-order valence-electron chi connectivity index (χ3n) is 9.89. The first kappa shape index (κ1) is 25.9. The zero-order chi connectivity index (χ0) is 31.1. The molecule has 2 heteroatoms. The summed E-state index contributed by atoms with van der Waals surface area (Å²) in [6.07, 6.45) is 0. The molecule has 1 aliphatic heterocycles. The first-order valence-electron chi connectivity index (χ1n) is 15.9. The third-order valence-corrected chi connectivity index (χ3v) is 9.89. The van der Waals surface area contributed by atoms with Crippen molar-refractivity contribution < 1.29 is 4.74 Å². The van der Waals surface area contributed by atoms with E-state index in [4.69, 9.17) is 4.74 Å². The van der Waals surface area contributed by atoms with Crippen molar-refractivity contribution in [2.75, 3.05) is 0 Å². The van der Waals surface area contributed by atoms with Gasteiger partial charge in [-0.05, 0) is 107 Å². The van der Waals surface area contributed by atoms with Crippen LogP contribution in [0.2, 0.25) is 0 Å². The number of hydrogen-bond donors (Lipinski definition) is 0. The number of nitriles is 1. The van der Waals surface area contributed by atoms with Gasteiger partial charge in [0.05, 0.1) is 11.6 Å². The Hall–Kier alpha value is -6.43. The van der Waals surface area contributed by atoms with Gasteiger partial charge in [0.2, 0.25) is 0 Å². The van der Waals surface area contributed by atoms with Gasteiger partial charge in [0.25, 0.3) is 0 Å². The molecule has 1 aliphatic rings. The molecule has 0 fully saturated rings. The van der Waals surface area contributed by atoms with Crippen LogP contribution in [0.4, 0.5) is 0 Å². The van der Waals surface area contributed by atoms with Gasteiger partial charge < -0.3 is 4.74 Å². The van der Waals surface area contributed by atoms with E-state index in [1.807, 2.05) is 24.3 Å². The zero-order valence-electron chi connectivity index (χ0n) is 25.3. The lowest BCUT2D eigenvalue weighted by Crippen LogP contribution is -1.98. The van der Waals surface area contributed by atoms with E-state index in [1.165, 1.54) is 59.8 Å². The topological polar surface area (TPSA) is 33.0 Å². The molecule has 0 bridgehead atoms. The quantitative estimate of drug-likeness (QED) is 0.186. The van der Waals surface area contributed by atoms with Crippen molar-refractivity contribution in [3.05, 3.63) is 157 Å². The highest BCUT2D eigenvalue weighted by atomic mass is 16.5. The van der Waals surface area contributed by atoms with E-state index in [2.05, 4.69) is 133 Å². The maximum atomic E-state index is 9.72. The van der Waals surface area contributed by atoms with E-state index in [1.54, 1.807) is 0 Å². The van der Waals surface area contributed by atoms with Crippen molar-refractivity contribution in [1.82, 2.24) is 0 Å².